The molecule has 0 amide bonds. The number of hydrogen-bond donors (Lipinski definition) is 0. The van der Waals surface area contributed by atoms with Crippen LogP contribution in [-0.4, -0.2) is 32.5 Å². The van der Waals surface area contributed by atoms with Crippen molar-refractivity contribution < 1.29 is 18.8 Å². The minimum absolute atomic E-state index is 0.0342. The first kappa shape index (κ1) is 19.7. The highest BCUT2D eigenvalue weighted by molar-refractivity contribution is 6.30. The summed E-state index contributed by atoms with van der Waals surface area (Å²) in [7, 11) is 0. The Balaban J connectivity index is 1.54. The van der Waals surface area contributed by atoms with Gasteiger partial charge in [-0.1, -0.05) is 35.0 Å². The van der Waals surface area contributed by atoms with Crippen LogP contribution in [0.15, 0.2) is 65.3 Å². The molecule has 0 fully saturated rings. The van der Waals surface area contributed by atoms with E-state index in [0.29, 0.717) is 10.8 Å². The van der Waals surface area contributed by atoms with Crippen molar-refractivity contribution in [2.45, 2.75) is 13.5 Å². The predicted molar refractivity (Wildman–Crippen MR) is 109 cm³/mol. The van der Waals surface area contributed by atoms with Crippen LogP contribution in [0.4, 0.5) is 0 Å². The standard InChI is InChI=1S/C21H17ClN4O4/c1-2-28-21(27)19-17(12-26(24-19)16-6-4-3-5-7-16)29-13-18-23-20(25-30-18)14-8-10-15(22)11-9-14/h3-12H,2,13H2,1H3. The minimum Gasteiger partial charge on any atom is -0.479 e. The number of halogens is 1. The van der Waals surface area contributed by atoms with Crippen molar-refractivity contribution >= 4 is 17.6 Å². The van der Waals surface area contributed by atoms with Gasteiger partial charge in [-0.05, 0) is 43.3 Å². The SMILES string of the molecule is CCOC(=O)c1nn(-c2ccccc2)cc1OCc1nc(-c2ccc(Cl)cc2)no1. The van der Waals surface area contributed by atoms with Gasteiger partial charge < -0.3 is 14.0 Å². The van der Waals surface area contributed by atoms with Crippen LogP contribution in [0, 0.1) is 0 Å². The molecule has 0 N–H and O–H groups in total. The first-order valence-corrected chi connectivity index (χ1v) is 9.55. The van der Waals surface area contributed by atoms with E-state index in [2.05, 4.69) is 15.2 Å². The zero-order valence-electron chi connectivity index (χ0n) is 16.0. The molecular formula is C21H17ClN4O4. The van der Waals surface area contributed by atoms with Gasteiger partial charge in [-0.15, -0.1) is 0 Å². The van der Waals surface area contributed by atoms with Gasteiger partial charge in [0.25, 0.3) is 5.89 Å². The molecule has 0 bridgehead atoms. The summed E-state index contributed by atoms with van der Waals surface area (Å²) >= 11 is 5.90. The van der Waals surface area contributed by atoms with Crippen molar-refractivity contribution in [3.05, 3.63) is 77.4 Å². The summed E-state index contributed by atoms with van der Waals surface area (Å²) in [5.74, 6) is 0.344. The van der Waals surface area contributed by atoms with Gasteiger partial charge in [0.1, 0.15) is 0 Å². The van der Waals surface area contributed by atoms with Gasteiger partial charge in [0.15, 0.2) is 12.4 Å². The molecular weight excluding hydrogens is 408 g/mol. The van der Waals surface area contributed by atoms with Crippen LogP contribution in [-0.2, 0) is 11.3 Å². The molecule has 4 aromatic rings. The normalized spacial score (nSPS) is 10.7. The molecule has 0 aliphatic carbocycles. The maximum atomic E-state index is 12.3. The summed E-state index contributed by atoms with van der Waals surface area (Å²) in [4.78, 5) is 16.6. The number of carbonyl (C=O) groups is 1. The lowest BCUT2D eigenvalue weighted by Gasteiger charge is -2.02. The quantitative estimate of drug-likeness (QED) is 0.407. The summed E-state index contributed by atoms with van der Waals surface area (Å²) in [6, 6.07) is 16.4. The van der Waals surface area contributed by atoms with Gasteiger partial charge in [-0.25, -0.2) is 9.48 Å². The maximum Gasteiger partial charge on any atom is 0.362 e. The monoisotopic (exact) mass is 424 g/mol. The van der Waals surface area contributed by atoms with E-state index in [1.54, 1.807) is 42.1 Å². The number of hydrogen-bond acceptors (Lipinski definition) is 7. The summed E-state index contributed by atoms with van der Waals surface area (Å²) in [5.41, 5.74) is 1.61. The fourth-order valence-corrected chi connectivity index (χ4v) is 2.81. The number of aromatic nitrogens is 4. The van der Waals surface area contributed by atoms with Crippen LogP contribution < -0.4 is 4.74 Å². The van der Waals surface area contributed by atoms with Crippen molar-refractivity contribution in [1.29, 1.82) is 0 Å². The zero-order valence-corrected chi connectivity index (χ0v) is 16.7. The van der Waals surface area contributed by atoms with Crippen molar-refractivity contribution in [1.82, 2.24) is 19.9 Å². The molecule has 0 aliphatic heterocycles. The van der Waals surface area contributed by atoms with E-state index >= 15 is 0 Å². The number of nitrogens with zero attached hydrogens (tertiary/aromatic N) is 4. The van der Waals surface area contributed by atoms with E-state index in [0.717, 1.165) is 11.3 Å². The summed E-state index contributed by atoms with van der Waals surface area (Å²) in [6.45, 7) is 1.92. The Bertz CT molecular complexity index is 1140. The van der Waals surface area contributed by atoms with Gasteiger partial charge >= 0.3 is 5.97 Å². The van der Waals surface area contributed by atoms with Crippen molar-refractivity contribution in [2.24, 2.45) is 0 Å². The van der Waals surface area contributed by atoms with E-state index in [9.17, 15) is 4.79 Å². The molecule has 0 unspecified atom stereocenters. The van der Waals surface area contributed by atoms with Gasteiger partial charge in [0.05, 0.1) is 18.5 Å². The second kappa shape index (κ2) is 8.79. The van der Waals surface area contributed by atoms with E-state index in [1.807, 2.05) is 30.3 Å². The minimum atomic E-state index is -0.574. The smallest absolute Gasteiger partial charge is 0.362 e. The Labute approximate surface area is 177 Å². The number of esters is 1. The van der Waals surface area contributed by atoms with Gasteiger partial charge in [-0.2, -0.15) is 10.1 Å². The van der Waals surface area contributed by atoms with Crippen LogP contribution in [0.5, 0.6) is 5.75 Å². The number of rotatable bonds is 7. The molecule has 8 nitrogen and oxygen atoms in total. The van der Waals surface area contributed by atoms with Crippen molar-refractivity contribution in [3.8, 4) is 22.8 Å². The molecule has 0 radical (unpaired) electrons. The first-order chi connectivity index (χ1) is 14.6. The second-order valence-electron chi connectivity index (χ2n) is 6.15. The molecule has 0 spiro atoms. The largest absolute Gasteiger partial charge is 0.479 e. The average Bonchev–Trinajstić information content (AvgIpc) is 3.41. The highest BCUT2D eigenvalue weighted by Crippen LogP contribution is 2.23. The molecule has 0 aliphatic rings. The zero-order chi connectivity index (χ0) is 20.9. The van der Waals surface area contributed by atoms with Crippen molar-refractivity contribution in [3.63, 3.8) is 0 Å². The maximum absolute atomic E-state index is 12.3. The van der Waals surface area contributed by atoms with E-state index in [4.69, 9.17) is 25.6 Å². The topological polar surface area (TPSA) is 92.3 Å². The highest BCUT2D eigenvalue weighted by Gasteiger charge is 2.21. The Morgan fingerprint density at radius 2 is 1.90 bits per heavy atom. The Kier molecular flexibility index (Phi) is 5.76. The third-order valence-corrected chi connectivity index (χ3v) is 4.34. The fraction of sp³-hybridized carbons (Fsp3) is 0.143. The lowest BCUT2D eigenvalue weighted by molar-refractivity contribution is 0.0513. The average molecular weight is 425 g/mol. The van der Waals surface area contributed by atoms with Crippen LogP contribution in [0.25, 0.3) is 17.1 Å². The molecule has 0 saturated heterocycles. The summed E-state index contributed by atoms with van der Waals surface area (Å²) < 4.78 is 17.6. The third kappa shape index (κ3) is 4.33. The molecule has 2 heterocycles. The number of carbonyl (C=O) groups excluding carboxylic acids is 1. The van der Waals surface area contributed by atoms with Gasteiger partial charge in [0, 0.05) is 10.6 Å². The molecule has 2 aromatic carbocycles. The Hall–Kier alpha value is -3.65. The molecule has 0 saturated carbocycles. The third-order valence-electron chi connectivity index (χ3n) is 4.09. The molecule has 0 atom stereocenters. The van der Waals surface area contributed by atoms with Crippen LogP contribution in [0.3, 0.4) is 0 Å². The fourth-order valence-electron chi connectivity index (χ4n) is 2.69. The predicted octanol–water partition coefficient (Wildman–Crippen LogP) is 4.33. The Morgan fingerprint density at radius 3 is 2.63 bits per heavy atom. The van der Waals surface area contributed by atoms with Gasteiger partial charge in [-0.3, -0.25) is 0 Å². The molecule has 4 rings (SSSR count). The molecule has 2 aromatic heterocycles. The highest BCUT2D eigenvalue weighted by atomic mass is 35.5. The lowest BCUT2D eigenvalue weighted by atomic mass is 10.2. The number of benzene rings is 2. The number of ether oxygens (including phenoxy) is 2. The van der Waals surface area contributed by atoms with Crippen molar-refractivity contribution in [2.75, 3.05) is 6.61 Å². The van der Waals surface area contributed by atoms with Gasteiger partial charge in [0.2, 0.25) is 11.5 Å². The molecule has 9 heteroatoms. The summed E-state index contributed by atoms with van der Waals surface area (Å²) in [5, 5.41) is 8.88. The van der Waals surface area contributed by atoms with Crippen LogP contribution in [0.1, 0.15) is 23.3 Å². The molecule has 152 valence electrons. The lowest BCUT2D eigenvalue weighted by Crippen LogP contribution is -2.08. The van der Waals surface area contributed by atoms with E-state index in [1.165, 1.54) is 0 Å². The van der Waals surface area contributed by atoms with E-state index < -0.39 is 5.97 Å². The number of para-hydroxylation sites is 1. The summed E-state index contributed by atoms with van der Waals surface area (Å²) in [6.07, 6.45) is 1.61. The van der Waals surface area contributed by atoms with Crippen LogP contribution >= 0.6 is 11.6 Å². The first-order valence-electron chi connectivity index (χ1n) is 9.17. The molecule has 30 heavy (non-hydrogen) atoms. The Morgan fingerprint density at radius 1 is 1.13 bits per heavy atom. The second-order valence-corrected chi connectivity index (χ2v) is 6.59. The van der Waals surface area contributed by atoms with E-state index in [-0.39, 0.29) is 30.5 Å². The van der Waals surface area contributed by atoms with Crippen LogP contribution in [0.2, 0.25) is 5.02 Å².